The second kappa shape index (κ2) is 10.6. The minimum atomic E-state index is -0.0583. The normalized spacial score (nSPS) is 11.3. The van der Waals surface area contributed by atoms with Crippen LogP contribution in [0.25, 0.3) is 0 Å². The Kier molecular flexibility index (Phi) is 8.15. The molecular weight excluding hydrogens is 344 g/mol. The SMILES string of the molecule is CCNC(=NCCc1cccc(C(=O)NC)c1)N(C)CCc1cccs1. The van der Waals surface area contributed by atoms with Crippen LogP contribution in [0.4, 0.5) is 0 Å². The first-order valence-electron chi connectivity index (χ1n) is 8.97. The van der Waals surface area contributed by atoms with Crippen LogP contribution in [0.3, 0.4) is 0 Å². The molecule has 1 aromatic heterocycles. The smallest absolute Gasteiger partial charge is 0.251 e. The van der Waals surface area contributed by atoms with Crippen LogP contribution in [0.15, 0.2) is 46.8 Å². The van der Waals surface area contributed by atoms with Crippen LogP contribution in [0.1, 0.15) is 27.7 Å². The number of guanidine groups is 1. The van der Waals surface area contributed by atoms with E-state index >= 15 is 0 Å². The quantitative estimate of drug-likeness (QED) is 0.553. The maximum absolute atomic E-state index is 11.7. The Balaban J connectivity index is 1.92. The van der Waals surface area contributed by atoms with Gasteiger partial charge in [-0.25, -0.2) is 0 Å². The van der Waals surface area contributed by atoms with Gasteiger partial charge >= 0.3 is 0 Å². The third-order valence-electron chi connectivity index (χ3n) is 4.05. The van der Waals surface area contributed by atoms with Crippen molar-refractivity contribution >= 4 is 23.2 Å². The van der Waals surface area contributed by atoms with Gasteiger partial charge in [0.1, 0.15) is 0 Å². The van der Waals surface area contributed by atoms with Gasteiger partial charge in [-0.1, -0.05) is 18.2 Å². The number of aliphatic imine (C=N–C) groups is 1. The van der Waals surface area contributed by atoms with Crippen molar-refractivity contribution in [2.45, 2.75) is 19.8 Å². The van der Waals surface area contributed by atoms with E-state index in [0.717, 1.165) is 37.5 Å². The van der Waals surface area contributed by atoms with Gasteiger partial charge in [0, 0.05) is 44.2 Å². The number of rotatable bonds is 8. The molecule has 2 N–H and O–H groups in total. The van der Waals surface area contributed by atoms with Crippen LogP contribution in [0, 0.1) is 0 Å². The van der Waals surface area contributed by atoms with E-state index < -0.39 is 0 Å². The van der Waals surface area contributed by atoms with Crippen molar-refractivity contribution in [2.24, 2.45) is 4.99 Å². The zero-order chi connectivity index (χ0) is 18.8. The fraction of sp³-hybridized carbons (Fsp3) is 0.400. The summed E-state index contributed by atoms with van der Waals surface area (Å²) in [5.41, 5.74) is 1.81. The van der Waals surface area contributed by atoms with Crippen molar-refractivity contribution in [1.82, 2.24) is 15.5 Å². The second-order valence-corrected chi connectivity index (χ2v) is 7.05. The van der Waals surface area contributed by atoms with E-state index in [-0.39, 0.29) is 5.91 Å². The molecule has 140 valence electrons. The number of carbonyl (C=O) groups is 1. The summed E-state index contributed by atoms with van der Waals surface area (Å²) in [4.78, 5) is 20.0. The first kappa shape index (κ1) is 20.0. The molecule has 1 heterocycles. The summed E-state index contributed by atoms with van der Waals surface area (Å²) < 4.78 is 0. The first-order chi connectivity index (χ1) is 12.6. The molecular formula is C20H28N4OS. The van der Waals surface area contributed by atoms with E-state index in [4.69, 9.17) is 4.99 Å². The van der Waals surface area contributed by atoms with Crippen LogP contribution in [0.5, 0.6) is 0 Å². The maximum atomic E-state index is 11.7. The zero-order valence-electron chi connectivity index (χ0n) is 15.8. The van der Waals surface area contributed by atoms with Crippen molar-refractivity contribution in [3.8, 4) is 0 Å². The van der Waals surface area contributed by atoms with Crippen LogP contribution >= 0.6 is 11.3 Å². The fourth-order valence-electron chi connectivity index (χ4n) is 2.61. The maximum Gasteiger partial charge on any atom is 0.251 e. The lowest BCUT2D eigenvalue weighted by Crippen LogP contribution is -2.40. The molecule has 0 aliphatic heterocycles. The Morgan fingerprint density at radius 1 is 1.23 bits per heavy atom. The largest absolute Gasteiger partial charge is 0.357 e. The highest BCUT2D eigenvalue weighted by atomic mass is 32.1. The summed E-state index contributed by atoms with van der Waals surface area (Å²) in [6.07, 6.45) is 1.82. The Hall–Kier alpha value is -2.34. The lowest BCUT2D eigenvalue weighted by Gasteiger charge is -2.21. The molecule has 5 nitrogen and oxygen atoms in total. The third-order valence-corrected chi connectivity index (χ3v) is 4.98. The molecule has 0 aliphatic carbocycles. The highest BCUT2D eigenvalue weighted by molar-refractivity contribution is 7.09. The lowest BCUT2D eigenvalue weighted by atomic mass is 10.1. The van der Waals surface area contributed by atoms with Gasteiger partial charge in [-0.2, -0.15) is 0 Å². The highest BCUT2D eigenvalue weighted by Crippen LogP contribution is 2.10. The molecule has 0 bridgehead atoms. The Bertz CT molecular complexity index is 712. The molecule has 2 rings (SSSR count). The van der Waals surface area contributed by atoms with E-state index in [1.54, 1.807) is 18.4 Å². The lowest BCUT2D eigenvalue weighted by molar-refractivity contribution is 0.0963. The Morgan fingerprint density at radius 3 is 2.77 bits per heavy atom. The minimum Gasteiger partial charge on any atom is -0.357 e. The number of hydrogen-bond acceptors (Lipinski definition) is 3. The number of amides is 1. The molecule has 6 heteroatoms. The van der Waals surface area contributed by atoms with E-state index in [2.05, 4.69) is 47.0 Å². The predicted molar refractivity (Wildman–Crippen MR) is 110 cm³/mol. The standard InChI is InChI=1S/C20H28N4OS/c1-4-22-20(24(3)13-11-18-9-6-14-26-18)23-12-10-16-7-5-8-17(15-16)19(25)21-2/h5-9,14-15H,4,10-13H2,1-3H3,(H,21,25)(H,22,23). The Morgan fingerprint density at radius 2 is 2.08 bits per heavy atom. The molecule has 0 atom stereocenters. The Labute approximate surface area is 160 Å². The third kappa shape index (κ3) is 6.19. The molecule has 0 radical (unpaired) electrons. The van der Waals surface area contributed by atoms with Crippen molar-refractivity contribution in [1.29, 1.82) is 0 Å². The molecule has 0 spiro atoms. The zero-order valence-corrected chi connectivity index (χ0v) is 16.6. The molecule has 0 unspecified atom stereocenters. The van der Waals surface area contributed by atoms with E-state index in [1.807, 2.05) is 24.3 Å². The van der Waals surface area contributed by atoms with E-state index in [1.165, 1.54) is 4.88 Å². The number of nitrogens with one attached hydrogen (secondary N) is 2. The number of hydrogen-bond donors (Lipinski definition) is 2. The average molecular weight is 373 g/mol. The van der Waals surface area contributed by atoms with Gasteiger partial charge in [0.2, 0.25) is 0 Å². The highest BCUT2D eigenvalue weighted by Gasteiger charge is 2.07. The van der Waals surface area contributed by atoms with Crippen molar-refractivity contribution in [2.75, 3.05) is 33.7 Å². The molecule has 0 saturated carbocycles. The van der Waals surface area contributed by atoms with Crippen molar-refractivity contribution in [3.05, 3.63) is 57.8 Å². The van der Waals surface area contributed by atoms with Crippen molar-refractivity contribution < 1.29 is 4.79 Å². The molecule has 2 aromatic rings. The number of benzene rings is 1. The predicted octanol–water partition coefficient (Wildman–Crippen LogP) is 2.79. The van der Waals surface area contributed by atoms with E-state index in [9.17, 15) is 4.79 Å². The van der Waals surface area contributed by atoms with Gasteiger partial charge in [0.05, 0.1) is 0 Å². The number of nitrogens with zero attached hydrogens (tertiary/aromatic N) is 2. The van der Waals surface area contributed by atoms with Gasteiger partial charge in [0.25, 0.3) is 5.91 Å². The second-order valence-electron chi connectivity index (χ2n) is 6.02. The van der Waals surface area contributed by atoms with Gasteiger partial charge in [0.15, 0.2) is 5.96 Å². The van der Waals surface area contributed by atoms with Crippen molar-refractivity contribution in [3.63, 3.8) is 0 Å². The first-order valence-corrected chi connectivity index (χ1v) is 9.84. The van der Waals surface area contributed by atoms with E-state index in [0.29, 0.717) is 12.1 Å². The van der Waals surface area contributed by atoms with Gasteiger partial charge < -0.3 is 15.5 Å². The van der Waals surface area contributed by atoms with Gasteiger partial charge in [-0.15, -0.1) is 11.3 Å². The van der Waals surface area contributed by atoms with Crippen LogP contribution in [-0.4, -0.2) is 50.5 Å². The van der Waals surface area contributed by atoms with Crippen LogP contribution in [0.2, 0.25) is 0 Å². The molecule has 26 heavy (non-hydrogen) atoms. The fourth-order valence-corrected chi connectivity index (χ4v) is 3.31. The monoisotopic (exact) mass is 372 g/mol. The molecule has 1 aromatic carbocycles. The molecule has 0 fully saturated rings. The number of carbonyl (C=O) groups excluding carboxylic acids is 1. The topological polar surface area (TPSA) is 56.7 Å². The summed E-state index contributed by atoms with van der Waals surface area (Å²) in [6, 6.07) is 12.0. The van der Waals surface area contributed by atoms with Gasteiger partial charge in [-0.3, -0.25) is 9.79 Å². The summed E-state index contributed by atoms with van der Waals surface area (Å²) in [5.74, 6) is 0.864. The molecule has 0 saturated heterocycles. The summed E-state index contributed by atoms with van der Waals surface area (Å²) in [7, 11) is 3.72. The summed E-state index contributed by atoms with van der Waals surface area (Å²) >= 11 is 1.79. The number of likely N-dealkylation sites (N-methyl/N-ethyl adjacent to an activating group) is 1. The number of thiophene rings is 1. The summed E-state index contributed by atoms with van der Waals surface area (Å²) in [5, 5.41) is 8.12. The van der Waals surface area contributed by atoms with Gasteiger partial charge in [-0.05, 0) is 48.9 Å². The van der Waals surface area contributed by atoms with Crippen LogP contribution < -0.4 is 10.6 Å². The average Bonchev–Trinajstić information content (AvgIpc) is 3.18. The molecule has 0 aliphatic rings. The van der Waals surface area contributed by atoms with Crippen LogP contribution in [-0.2, 0) is 12.8 Å². The molecule has 1 amide bonds. The summed E-state index contributed by atoms with van der Waals surface area (Å²) in [6.45, 7) is 4.53. The minimum absolute atomic E-state index is 0.0583.